The van der Waals surface area contributed by atoms with Gasteiger partial charge in [0.25, 0.3) is 5.52 Å². The average Bonchev–Trinajstić information content (AvgIpc) is 3.01. The molecule has 38 heavy (non-hydrogen) atoms. The maximum Gasteiger partial charge on any atom is 0.255 e. The van der Waals surface area contributed by atoms with Crippen molar-refractivity contribution in [1.82, 2.24) is 9.97 Å². The van der Waals surface area contributed by atoms with Gasteiger partial charge in [-0.1, -0.05) is 84.9 Å². The van der Waals surface area contributed by atoms with Gasteiger partial charge in [-0.2, -0.15) is 4.57 Å². The van der Waals surface area contributed by atoms with E-state index in [9.17, 15) is 0 Å². The first-order valence-corrected chi connectivity index (χ1v) is 12.8. The van der Waals surface area contributed by atoms with Crippen LogP contribution in [0.3, 0.4) is 0 Å². The van der Waals surface area contributed by atoms with Gasteiger partial charge in [0.15, 0.2) is 17.8 Å². The molecule has 6 rings (SSSR count). The van der Waals surface area contributed by atoms with Gasteiger partial charge in [0.1, 0.15) is 6.54 Å². The number of rotatable bonds is 6. The van der Waals surface area contributed by atoms with Gasteiger partial charge in [-0.05, 0) is 36.8 Å². The molecule has 2 aromatic heterocycles. The van der Waals surface area contributed by atoms with Crippen LogP contribution in [0.5, 0.6) is 5.75 Å². The molecule has 2 heterocycles. The highest BCUT2D eigenvalue weighted by molar-refractivity contribution is 5.90. The van der Waals surface area contributed by atoms with Gasteiger partial charge in [0.2, 0.25) is 0 Å². The summed E-state index contributed by atoms with van der Waals surface area (Å²) in [6.45, 7) is 3.02. The third-order valence-electron chi connectivity index (χ3n) is 6.86. The van der Waals surface area contributed by atoms with Crippen molar-refractivity contribution < 1.29 is 9.30 Å². The van der Waals surface area contributed by atoms with Crippen LogP contribution in [0.25, 0.3) is 55.9 Å². The second kappa shape index (κ2) is 10.3. The van der Waals surface area contributed by atoms with Crippen molar-refractivity contribution in [2.24, 2.45) is 0 Å². The predicted molar refractivity (Wildman–Crippen MR) is 154 cm³/mol. The van der Waals surface area contributed by atoms with E-state index in [1.165, 1.54) is 0 Å². The van der Waals surface area contributed by atoms with E-state index in [-0.39, 0.29) is 0 Å². The summed E-state index contributed by atoms with van der Waals surface area (Å²) in [6, 6.07) is 39.5. The lowest BCUT2D eigenvalue weighted by molar-refractivity contribution is -0.668. The van der Waals surface area contributed by atoms with E-state index in [0.29, 0.717) is 5.82 Å². The molecule has 0 bridgehead atoms. The Labute approximate surface area is 222 Å². The summed E-state index contributed by atoms with van der Waals surface area (Å²) in [7, 11) is 1.75. The fourth-order valence-electron chi connectivity index (χ4n) is 4.93. The maximum atomic E-state index is 5.96. The van der Waals surface area contributed by atoms with Gasteiger partial charge in [-0.3, -0.25) is 0 Å². The molecule has 0 saturated carbocycles. The molecule has 0 unspecified atom stereocenters. The van der Waals surface area contributed by atoms with Crippen LogP contribution in [0.4, 0.5) is 0 Å². The zero-order valence-electron chi connectivity index (χ0n) is 21.5. The minimum absolute atomic E-state index is 0.714. The Balaban J connectivity index is 1.45. The Hall–Kier alpha value is -4.83. The van der Waals surface area contributed by atoms with Crippen LogP contribution < -0.4 is 9.30 Å². The average molecular weight is 495 g/mol. The highest BCUT2D eigenvalue weighted by Gasteiger charge is 2.19. The molecule has 0 aliphatic carbocycles. The summed E-state index contributed by atoms with van der Waals surface area (Å²) in [5.41, 5.74) is 8.15. The lowest BCUT2D eigenvalue weighted by Crippen LogP contribution is -2.32. The topological polar surface area (TPSA) is 38.9 Å². The van der Waals surface area contributed by atoms with Crippen LogP contribution in [0.15, 0.2) is 121 Å². The molecule has 0 radical (unpaired) electrons. The van der Waals surface area contributed by atoms with E-state index >= 15 is 0 Å². The highest BCUT2D eigenvalue weighted by atomic mass is 16.5. The van der Waals surface area contributed by atoms with Crippen molar-refractivity contribution in [3.05, 3.63) is 121 Å². The molecule has 4 nitrogen and oxygen atoms in total. The number of pyridine rings is 1. The third kappa shape index (κ3) is 4.41. The number of benzene rings is 4. The molecule has 0 N–H and O–H groups in total. The monoisotopic (exact) mass is 494 g/mol. The summed E-state index contributed by atoms with van der Waals surface area (Å²) in [5.74, 6) is 1.60. The zero-order chi connectivity index (χ0) is 25.9. The first kappa shape index (κ1) is 23.6. The molecule has 0 aliphatic rings. The molecular formula is C34H28N3O+. The Kier molecular flexibility index (Phi) is 6.37. The van der Waals surface area contributed by atoms with Crippen molar-refractivity contribution in [2.75, 3.05) is 7.11 Å². The number of fused-ring (bicyclic) bond motifs is 1. The predicted octanol–water partition coefficient (Wildman–Crippen LogP) is 7.61. The van der Waals surface area contributed by atoms with E-state index in [4.69, 9.17) is 14.7 Å². The molecular weight excluding hydrogens is 466 g/mol. The smallest absolute Gasteiger partial charge is 0.255 e. The van der Waals surface area contributed by atoms with Crippen molar-refractivity contribution in [2.45, 2.75) is 13.5 Å². The molecule has 4 heteroatoms. The molecule has 184 valence electrons. The van der Waals surface area contributed by atoms with Crippen molar-refractivity contribution in [3.8, 4) is 50.8 Å². The van der Waals surface area contributed by atoms with Gasteiger partial charge in [0, 0.05) is 28.3 Å². The lowest BCUT2D eigenvalue weighted by atomic mass is 9.99. The number of hydrogen-bond donors (Lipinski definition) is 0. The quantitative estimate of drug-likeness (QED) is 0.224. The second-order valence-electron chi connectivity index (χ2n) is 9.15. The fraction of sp³-hybridized carbons (Fsp3) is 0.0882. The van der Waals surface area contributed by atoms with Gasteiger partial charge < -0.3 is 4.74 Å². The number of aryl methyl sites for hydroxylation is 1. The van der Waals surface area contributed by atoms with E-state index in [2.05, 4.69) is 84.4 Å². The third-order valence-corrected chi connectivity index (χ3v) is 6.86. The van der Waals surface area contributed by atoms with Gasteiger partial charge in [-0.15, -0.1) is 0 Å². The summed E-state index contributed by atoms with van der Waals surface area (Å²) in [4.78, 5) is 9.86. The van der Waals surface area contributed by atoms with Crippen molar-refractivity contribution in [1.29, 1.82) is 0 Å². The highest BCUT2D eigenvalue weighted by Crippen LogP contribution is 2.36. The maximum absolute atomic E-state index is 5.96. The summed E-state index contributed by atoms with van der Waals surface area (Å²) in [5, 5.41) is 1.16. The van der Waals surface area contributed by atoms with Crippen LogP contribution >= 0.6 is 0 Å². The fourth-order valence-corrected chi connectivity index (χ4v) is 4.93. The second-order valence-corrected chi connectivity index (χ2v) is 9.15. The molecule has 0 saturated heterocycles. The minimum atomic E-state index is 0.714. The summed E-state index contributed by atoms with van der Waals surface area (Å²) in [6.07, 6.45) is 2.10. The van der Waals surface area contributed by atoms with Crippen molar-refractivity contribution >= 4 is 10.9 Å². The van der Waals surface area contributed by atoms with Gasteiger partial charge >= 0.3 is 0 Å². The number of methoxy groups -OCH3 is 1. The molecule has 0 atom stereocenters. The van der Waals surface area contributed by atoms with Crippen LogP contribution in [0.1, 0.15) is 6.92 Å². The molecule has 0 fully saturated rings. The van der Waals surface area contributed by atoms with Crippen LogP contribution in [0.2, 0.25) is 0 Å². The number of ether oxygens (including phenoxy) is 1. The Bertz CT molecular complexity index is 1660. The summed E-state index contributed by atoms with van der Waals surface area (Å²) >= 11 is 0. The van der Waals surface area contributed by atoms with Gasteiger partial charge in [-0.25, -0.2) is 9.97 Å². The number of aromatic nitrogens is 3. The normalized spacial score (nSPS) is 11.0. The molecule has 4 aromatic carbocycles. The Morgan fingerprint density at radius 3 is 1.87 bits per heavy atom. The first-order valence-electron chi connectivity index (χ1n) is 12.8. The van der Waals surface area contributed by atoms with Crippen LogP contribution in [0, 0.1) is 0 Å². The summed E-state index contributed by atoms with van der Waals surface area (Å²) < 4.78 is 8.18. The minimum Gasteiger partial charge on any atom is -0.490 e. The SMILES string of the molecule is CC[n+]1cccc2ccc(-c3ccc(-c4cc(-c5ccccc5)nc(-c5ccccc5)n4)cc3)c(OC)c21. The lowest BCUT2D eigenvalue weighted by Gasteiger charge is -2.12. The Morgan fingerprint density at radius 1 is 0.632 bits per heavy atom. The largest absolute Gasteiger partial charge is 0.490 e. The standard InChI is InChI=1S/C34H28N3O/c1-3-37-22-10-15-27-20-21-29(33(38-2)32(27)37)24-16-18-26(19-17-24)31-23-30(25-11-6-4-7-12-25)35-34(36-31)28-13-8-5-9-14-28/h4-23H,3H2,1-2H3/q+1. The molecule has 0 aliphatic heterocycles. The first-order chi connectivity index (χ1) is 18.7. The van der Waals surface area contributed by atoms with Crippen LogP contribution in [-0.4, -0.2) is 17.1 Å². The number of nitrogens with zero attached hydrogens (tertiary/aromatic N) is 3. The van der Waals surface area contributed by atoms with Gasteiger partial charge in [0.05, 0.1) is 23.9 Å². The van der Waals surface area contributed by atoms with E-state index in [1.807, 2.05) is 48.5 Å². The van der Waals surface area contributed by atoms with E-state index in [0.717, 1.165) is 62.4 Å². The molecule has 0 amide bonds. The Morgan fingerprint density at radius 2 is 1.24 bits per heavy atom. The molecule has 0 spiro atoms. The molecule has 6 aromatic rings. The zero-order valence-corrected chi connectivity index (χ0v) is 21.5. The van der Waals surface area contributed by atoms with E-state index < -0.39 is 0 Å². The number of hydrogen-bond acceptors (Lipinski definition) is 3. The van der Waals surface area contributed by atoms with Crippen molar-refractivity contribution in [3.63, 3.8) is 0 Å². The van der Waals surface area contributed by atoms with E-state index in [1.54, 1.807) is 7.11 Å². The van der Waals surface area contributed by atoms with Crippen LogP contribution in [-0.2, 0) is 6.54 Å².